The number of hydrogen-bond acceptors (Lipinski definition) is 4. The molecule has 0 radical (unpaired) electrons. The molecule has 0 spiro atoms. The molecule has 7 heteroatoms. The summed E-state index contributed by atoms with van der Waals surface area (Å²) in [6, 6.07) is 8.69. The molecule has 132 valence electrons. The molecule has 0 saturated carbocycles. The van der Waals surface area contributed by atoms with Crippen molar-refractivity contribution in [2.24, 2.45) is 0 Å². The van der Waals surface area contributed by atoms with Crippen LogP contribution in [0.3, 0.4) is 0 Å². The highest BCUT2D eigenvalue weighted by Crippen LogP contribution is 2.21. The molecule has 2 N–H and O–H groups in total. The van der Waals surface area contributed by atoms with Crippen molar-refractivity contribution in [1.82, 2.24) is 15.8 Å². The van der Waals surface area contributed by atoms with E-state index >= 15 is 0 Å². The minimum Gasteiger partial charge on any atom is -0.359 e. The first kappa shape index (κ1) is 17.0. The van der Waals surface area contributed by atoms with Crippen molar-refractivity contribution in [3.8, 4) is 0 Å². The molecule has 1 aliphatic heterocycles. The van der Waals surface area contributed by atoms with Crippen molar-refractivity contribution >= 4 is 17.6 Å². The molecular formula is C18H22N4O3. The summed E-state index contributed by atoms with van der Waals surface area (Å²) in [7, 11) is 0. The minimum absolute atomic E-state index is 0.0908. The maximum absolute atomic E-state index is 12.5. The lowest BCUT2D eigenvalue weighted by molar-refractivity contribution is -0.118. The summed E-state index contributed by atoms with van der Waals surface area (Å²) in [4.78, 5) is 26.2. The molecule has 0 unspecified atom stereocenters. The molecule has 7 nitrogen and oxygen atoms in total. The molecule has 3 rings (SSSR count). The lowest BCUT2D eigenvalue weighted by atomic mass is 10.2. The lowest BCUT2D eigenvalue weighted by Gasteiger charge is -2.17. The smallest absolute Gasteiger partial charge is 0.315 e. The predicted octanol–water partition coefficient (Wildman–Crippen LogP) is 2.15. The van der Waals surface area contributed by atoms with Gasteiger partial charge in [-0.15, -0.1) is 0 Å². The predicted molar refractivity (Wildman–Crippen MR) is 93.2 cm³/mol. The highest BCUT2D eigenvalue weighted by molar-refractivity contribution is 6.01. The van der Waals surface area contributed by atoms with E-state index in [1.807, 2.05) is 38.1 Å². The van der Waals surface area contributed by atoms with E-state index in [4.69, 9.17) is 4.52 Å². The van der Waals surface area contributed by atoms with Gasteiger partial charge < -0.3 is 20.1 Å². The zero-order chi connectivity index (χ0) is 17.8. The van der Waals surface area contributed by atoms with Crippen LogP contribution >= 0.6 is 0 Å². The van der Waals surface area contributed by atoms with Crippen LogP contribution in [0.15, 0.2) is 34.9 Å². The molecule has 2 aromatic rings. The van der Waals surface area contributed by atoms with E-state index < -0.39 is 12.1 Å². The quantitative estimate of drug-likeness (QED) is 0.871. The van der Waals surface area contributed by atoms with E-state index in [1.54, 1.807) is 11.0 Å². The summed E-state index contributed by atoms with van der Waals surface area (Å²) in [6.07, 6.45) is 1.36. The van der Waals surface area contributed by atoms with E-state index in [0.29, 0.717) is 18.7 Å². The second kappa shape index (κ2) is 7.38. The number of carbonyl (C=O) groups excluding carboxylic acids is 2. The molecule has 0 aliphatic carbocycles. The molecule has 3 amide bonds. The molecule has 1 aromatic carbocycles. The highest BCUT2D eigenvalue weighted by atomic mass is 16.5. The van der Waals surface area contributed by atoms with Gasteiger partial charge >= 0.3 is 6.03 Å². The Morgan fingerprint density at radius 1 is 1.36 bits per heavy atom. The van der Waals surface area contributed by atoms with E-state index in [2.05, 4.69) is 15.8 Å². The van der Waals surface area contributed by atoms with Crippen LogP contribution < -0.4 is 15.5 Å². The zero-order valence-corrected chi connectivity index (χ0v) is 14.4. The Morgan fingerprint density at radius 2 is 2.12 bits per heavy atom. The average Bonchev–Trinajstić information content (AvgIpc) is 3.21. The van der Waals surface area contributed by atoms with Crippen molar-refractivity contribution in [1.29, 1.82) is 0 Å². The first-order chi connectivity index (χ1) is 12.1. The number of amides is 3. The van der Waals surface area contributed by atoms with Gasteiger partial charge in [0.2, 0.25) is 5.91 Å². The van der Waals surface area contributed by atoms with E-state index in [-0.39, 0.29) is 12.5 Å². The first-order valence-electron chi connectivity index (χ1n) is 8.43. The topological polar surface area (TPSA) is 87.5 Å². The highest BCUT2D eigenvalue weighted by Gasteiger charge is 2.33. The molecular weight excluding hydrogens is 320 g/mol. The SMILES string of the molecule is CCc1cc(CNC(=O)N[C@@H]2CCN(c3ccc(C)cc3)C2=O)on1. The average molecular weight is 342 g/mol. The number of benzene rings is 1. The van der Waals surface area contributed by atoms with Gasteiger partial charge in [0.15, 0.2) is 5.76 Å². The fraction of sp³-hybridized carbons (Fsp3) is 0.389. The third-order valence-corrected chi connectivity index (χ3v) is 4.25. The Morgan fingerprint density at radius 3 is 2.80 bits per heavy atom. The van der Waals surface area contributed by atoms with Crippen LogP contribution in [-0.2, 0) is 17.8 Å². The van der Waals surface area contributed by atoms with Crippen LogP contribution in [0.25, 0.3) is 0 Å². The van der Waals surface area contributed by atoms with Gasteiger partial charge in [0.05, 0.1) is 12.2 Å². The Labute approximate surface area is 146 Å². The van der Waals surface area contributed by atoms with E-state index in [9.17, 15) is 9.59 Å². The van der Waals surface area contributed by atoms with Gasteiger partial charge in [-0.05, 0) is 31.9 Å². The second-order valence-electron chi connectivity index (χ2n) is 6.13. The number of anilines is 1. The number of aryl methyl sites for hydroxylation is 2. The molecule has 1 saturated heterocycles. The molecule has 0 bridgehead atoms. The van der Waals surface area contributed by atoms with Crippen molar-refractivity contribution in [2.45, 2.75) is 39.3 Å². The third kappa shape index (κ3) is 3.99. The van der Waals surface area contributed by atoms with Crippen molar-refractivity contribution in [3.05, 3.63) is 47.3 Å². The Bertz CT molecular complexity index is 754. The van der Waals surface area contributed by atoms with Crippen LogP contribution in [-0.4, -0.2) is 29.7 Å². The van der Waals surface area contributed by atoms with Crippen molar-refractivity contribution in [2.75, 3.05) is 11.4 Å². The molecule has 1 aromatic heterocycles. The monoisotopic (exact) mass is 342 g/mol. The maximum Gasteiger partial charge on any atom is 0.315 e. The number of nitrogens with one attached hydrogen (secondary N) is 2. The summed E-state index contributed by atoms with van der Waals surface area (Å²) in [5, 5.41) is 9.29. The van der Waals surface area contributed by atoms with Crippen molar-refractivity contribution < 1.29 is 14.1 Å². The van der Waals surface area contributed by atoms with Crippen molar-refractivity contribution in [3.63, 3.8) is 0 Å². The van der Waals surface area contributed by atoms with Crippen LogP contribution in [0, 0.1) is 6.92 Å². The van der Waals surface area contributed by atoms with Gasteiger partial charge in [0, 0.05) is 18.3 Å². The number of aromatic nitrogens is 1. The van der Waals surface area contributed by atoms with Gasteiger partial charge in [-0.25, -0.2) is 4.79 Å². The van der Waals surface area contributed by atoms with Crippen LogP contribution in [0.2, 0.25) is 0 Å². The van der Waals surface area contributed by atoms with Gasteiger partial charge in [-0.2, -0.15) is 0 Å². The zero-order valence-electron chi connectivity index (χ0n) is 14.4. The Hall–Kier alpha value is -2.83. The summed E-state index contributed by atoms with van der Waals surface area (Å²) in [5.41, 5.74) is 2.84. The lowest BCUT2D eigenvalue weighted by Crippen LogP contribution is -2.45. The van der Waals surface area contributed by atoms with Crippen LogP contribution in [0.4, 0.5) is 10.5 Å². The summed E-state index contributed by atoms with van der Waals surface area (Å²) < 4.78 is 5.11. The van der Waals surface area contributed by atoms with E-state index in [0.717, 1.165) is 23.4 Å². The standard InChI is InChI=1S/C18H22N4O3/c1-3-13-10-15(25-21-13)11-19-18(24)20-16-8-9-22(17(16)23)14-6-4-12(2)5-7-14/h4-7,10,16H,3,8-9,11H2,1-2H3,(H2,19,20,24)/t16-/m1/s1. The molecule has 1 aliphatic rings. The van der Waals surface area contributed by atoms with Gasteiger partial charge in [0.25, 0.3) is 0 Å². The van der Waals surface area contributed by atoms with Gasteiger partial charge in [-0.1, -0.05) is 29.8 Å². The fourth-order valence-electron chi connectivity index (χ4n) is 2.78. The van der Waals surface area contributed by atoms with Gasteiger partial charge in [0.1, 0.15) is 6.04 Å². The fourth-order valence-corrected chi connectivity index (χ4v) is 2.78. The summed E-state index contributed by atoms with van der Waals surface area (Å²) in [5.74, 6) is 0.498. The number of carbonyl (C=O) groups is 2. The second-order valence-corrected chi connectivity index (χ2v) is 6.13. The molecule has 1 atom stereocenters. The maximum atomic E-state index is 12.5. The third-order valence-electron chi connectivity index (χ3n) is 4.25. The minimum atomic E-state index is -0.512. The normalized spacial score (nSPS) is 17.0. The molecule has 2 heterocycles. The largest absolute Gasteiger partial charge is 0.359 e. The Kier molecular flexibility index (Phi) is 5.02. The number of urea groups is 1. The number of hydrogen-bond donors (Lipinski definition) is 2. The van der Waals surface area contributed by atoms with Gasteiger partial charge in [-0.3, -0.25) is 4.79 Å². The number of nitrogens with zero attached hydrogens (tertiary/aromatic N) is 2. The summed E-state index contributed by atoms with van der Waals surface area (Å²) >= 11 is 0. The number of rotatable bonds is 5. The van der Waals surface area contributed by atoms with Crippen LogP contribution in [0.1, 0.15) is 30.4 Å². The van der Waals surface area contributed by atoms with Crippen LogP contribution in [0.5, 0.6) is 0 Å². The summed E-state index contributed by atoms with van der Waals surface area (Å²) in [6.45, 7) is 4.81. The van der Waals surface area contributed by atoms with E-state index in [1.165, 1.54) is 0 Å². The first-order valence-corrected chi connectivity index (χ1v) is 8.43. The Balaban J connectivity index is 1.51. The molecule has 1 fully saturated rings. The molecule has 25 heavy (non-hydrogen) atoms.